The second-order valence-corrected chi connectivity index (χ2v) is 3.74. The molecule has 1 aromatic carbocycles. The van der Waals surface area contributed by atoms with Gasteiger partial charge >= 0.3 is 5.69 Å². The van der Waals surface area contributed by atoms with Gasteiger partial charge in [-0.1, -0.05) is 12.1 Å². The first-order valence-electron chi connectivity index (χ1n) is 5.21. The molecule has 1 N–H and O–H groups in total. The minimum absolute atomic E-state index is 0.0573. The van der Waals surface area contributed by atoms with Gasteiger partial charge in [0.25, 0.3) is 11.1 Å². The number of nitrogens with one attached hydrogen (secondary N) is 1. The van der Waals surface area contributed by atoms with Crippen molar-refractivity contribution in [3.05, 3.63) is 72.5 Å². The molecule has 8 heteroatoms. The third-order valence-corrected chi connectivity index (χ3v) is 2.47. The van der Waals surface area contributed by atoms with Crippen LogP contribution < -0.4 is 11.1 Å². The Labute approximate surface area is 105 Å². The molecule has 0 bridgehead atoms. The summed E-state index contributed by atoms with van der Waals surface area (Å²) in [6.45, 7) is -0.289. The van der Waals surface area contributed by atoms with E-state index >= 15 is 0 Å². The Morgan fingerprint density at radius 1 is 1.26 bits per heavy atom. The van der Waals surface area contributed by atoms with Crippen LogP contribution in [0.15, 0.2) is 39.9 Å². The topological polar surface area (TPSA) is 98.0 Å². The van der Waals surface area contributed by atoms with Gasteiger partial charge in [0.1, 0.15) is 0 Å². The maximum absolute atomic E-state index is 13.8. The Bertz CT molecular complexity index is 750. The standard InChI is InChI=1S/C11H8FN3O4/c12-11-7(2-1-3-8(11)15(18)19)6-14-10(17)5-4-9(16)13-14/h1-5H,6H2,(H,13,16). The normalized spacial score (nSPS) is 10.4. The summed E-state index contributed by atoms with van der Waals surface area (Å²) in [5.74, 6) is -1.02. The molecule has 0 fully saturated rings. The summed E-state index contributed by atoms with van der Waals surface area (Å²) in [4.78, 5) is 32.3. The third-order valence-electron chi connectivity index (χ3n) is 2.47. The number of hydrogen-bond acceptors (Lipinski definition) is 4. The van der Waals surface area contributed by atoms with Crippen molar-refractivity contribution in [2.75, 3.05) is 0 Å². The lowest BCUT2D eigenvalue weighted by Gasteiger charge is -2.06. The molecule has 0 amide bonds. The largest absolute Gasteiger partial charge is 0.305 e. The maximum Gasteiger partial charge on any atom is 0.305 e. The highest BCUT2D eigenvalue weighted by Crippen LogP contribution is 2.20. The van der Waals surface area contributed by atoms with Crippen LogP contribution in [-0.4, -0.2) is 14.7 Å². The van der Waals surface area contributed by atoms with E-state index in [9.17, 15) is 24.1 Å². The molecule has 0 spiro atoms. The molecule has 1 heterocycles. The Morgan fingerprint density at radius 3 is 2.68 bits per heavy atom. The number of nitro benzene ring substituents is 1. The van der Waals surface area contributed by atoms with Gasteiger partial charge in [-0.05, 0) is 0 Å². The van der Waals surface area contributed by atoms with Crippen LogP contribution in [0.2, 0.25) is 0 Å². The predicted molar refractivity (Wildman–Crippen MR) is 63.5 cm³/mol. The van der Waals surface area contributed by atoms with E-state index in [2.05, 4.69) is 5.10 Å². The highest BCUT2D eigenvalue weighted by atomic mass is 19.1. The van der Waals surface area contributed by atoms with E-state index in [0.29, 0.717) is 0 Å². The third kappa shape index (κ3) is 2.57. The molecule has 0 saturated carbocycles. The number of aromatic amines is 1. The van der Waals surface area contributed by atoms with Gasteiger partial charge in [0.15, 0.2) is 0 Å². The van der Waals surface area contributed by atoms with E-state index < -0.39 is 27.5 Å². The molecule has 0 radical (unpaired) electrons. The van der Waals surface area contributed by atoms with E-state index in [0.717, 1.165) is 22.9 Å². The summed E-state index contributed by atoms with van der Waals surface area (Å²) in [5.41, 5.74) is -1.79. The molecule has 2 aromatic rings. The molecular formula is C11H8FN3O4. The molecule has 19 heavy (non-hydrogen) atoms. The first-order chi connectivity index (χ1) is 8.99. The molecule has 0 aliphatic heterocycles. The molecule has 7 nitrogen and oxygen atoms in total. The van der Waals surface area contributed by atoms with Gasteiger partial charge in [-0.25, -0.2) is 4.68 Å². The minimum atomic E-state index is -1.02. The second-order valence-electron chi connectivity index (χ2n) is 3.74. The van der Waals surface area contributed by atoms with E-state index in [4.69, 9.17) is 0 Å². The number of benzene rings is 1. The summed E-state index contributed by atoms with van der Waals surface area (Å²) in [6.07, 6.45) is 0. The summed E-state index contributed by atoms with van der Waals surface area (Å²) < 4.78 is 14.7. The maximum atomic E-state index is 13.8. The van der Waals surface area contributed by atoms with Gasteiger partial charge in [-0.2, -0.15) is 4.39 Å². The molecule has 0 saturated heterocycles. The number of hydrogen-bond donors (Lipinski definition) is 1. The summed E-state index contributed by atoms with van der Waals surface area (Å²) >= 11 is 0. The minimum Gasteiger partial charge on any atom is -0.268 e. The van der Waals surface area contributed by atoms with Gasteiger partial charge in [0, 0.05) is 23.8 Å². The van der Waals surface area contributed by atoms with E-state index in [-0.39, 0.29) is 12.1 Å². The van der Waals surface area contributed by atoms with Crippen LogP contribution in [-0.2, 0) is 6.54 Å². The fourth-order valence-corrected chi connectivity index (χ4v) is 1.58. The predicted octanol–water partition coefficient (Wildman–Crippen LogP) is 0.632. The van der Waals surface area contributed by atoms with Crippen LogP contribution in [0.4, 0.5) is 10.1 Å². The van der Waals surface area contributed by atoms with Gasteiger partial charge < -0.3 is 0 Å². The lowest BCUT2D eigenvalue weighted by atomic mass is 10.2. The zero-order valence-corrected chi connectivity index (χ0v) is 9.50. The van der Waals surface area contributed by atoms with Gasteiger partial charge in [-0.3, -0.25) is 24.8 Å². The molecule has 2 rings (SSSR count). The van der Waals surface area contributed by atoms with Crippen LogP contribution in [0.1, 0.15) is 5.56 Å². The molecule has 98 valence electrons. The van der Waals surface area contributed by atoms with E-state index in [1.165, 1.54) is 12.1 Å². The smallest absolute Gasteiger partial charge is 0.268 e. The van der Waals surface area contributed by atoms with Crippen molar-refractivity contribution in [1.29, 1.82) is 0 Å². The van der Waals surface area contributed by atoms with Gasteiger partial charge in [0.2, 0.25) is 5.82 Å². The molecule has 0 atom stereocenters. The van der Waals surface area contributed by atoms with Crippen molar-refractivity contribution >= 4 is 5.69 Å². The average molecular weight is 265 g/mol. The highest BCUT2D eigenvalue weighted by Gasteiger charge is 2.17. The Morgan fingerprint density at radius 2 is 2.00 bits per heavy atom. The number of H-pyrrole nitrogens is 1. The zero-order valence-electron chi connectivity index (χ0n) is 9.50. The number of rotatable bonds is 3. The van der Waals surface area contributed by atoms with Gasteiger partial charge in [0.05, 0.1) is 11.5 Å². The van der Waals surface area contributed by atoms with E-state index in [1.54, 1.807) is 0 Å². The highest BCUT2D eigenvalue weighted by molar-refractivity contribution is 5.36. The number of nitro groups is 1. The summed E-state index contributed by atoms with van der Waals surface area (Å²) in [5, 5.41) is 12.8. The lowest BCUT2D eigenvalue weighted by molar-refractivity contribution is -0.387. The van der Waals surface area contributed by atoms with Crippen molar-refractivity contribution in [3.8, 4) is 0 Å². The fourth-order valence-electron chi connectivity index (χ4n) is 1.58. The van der Waals surface area contributed by atoms with Crippen LogP contribution in [0.3, 0.4) is 0 Å². The van der Waals surface area contributed by atoms with Crippen molar-refractivity contribution in [3.63, 3.8) is 0 Å². The number of halogens is 1. The number of aromatic nitrogens is 2. The number of nitrogens with zero attached hydrogens (tertiary/aromatic N) is 2. The quantitative estimate of drug-likeness (QED) is 0.650. The first kappa shape index (κ1) is 12.7. The van der Waals surface area contributed by atoms with Crippen molar-refractivity contribution < 1.29 is 9.31 Å². The molecule has 0 aliphatic rings. The Hall–Kier alpha value is -2.77. The summed E-state index contributed by atoms with van der Waals surface area (Å²) in [6, 6.07) is 5.72. The zero-order chi connectivity index (χ0) is 14.0. The summed E-state index contributed by atoms with van der Waals surface area (Å²) in [7, 11) is 0. The monoisotopic (exact) mass is 265 g/mol. The Balaban J connectivity index is 2.47. The van der Waals surface area contributed by atoms with Crippen LogP contribution in [0.5, 0.6) is 0 Å². The SMILES string of the molecule is O=c1ccc(=O)n(Cc2cccc([N+](=O)[O-])c2F)[nH]1. The molecule has 0 aliphatic carbocycles. The van der Waals surface area contributed by atoms with Crippen LogP contribution in [0, 0.1) is 15.9 Å². The van der Waals surface area contributed by atoms with Crippen molar-refractivity contribution in [2.45, 2.75) is 6.54 Å². The first-order valence-corrected chi connectivity index (χ1v) is 5.21. The van der Waals surface area contributed by atoms with Crippen molar-refractivity contribution in [2.24, 2.45) is 0 Å². The lowest BCUT2D eigenvalue weighted by Crippen LogP contribution is -2.28. The van der Waals surface area contributed by atoms with Crippen LogP contribution >= 0.6 is 0 Å². The molecule has 1 aromatic heterocycles. The van der Waals surface area contributed by atoms with E-state index in [1.807, 2.05) is 0 Å². The fraction of sp³-hybridized carbons (Fsp3) is 0.0909. The Kier molecular flexibility index (Phi) is 3.23. The van der Waals surface area contributed by atoms with Crippen LogP contribution in [0.25, 0.3) is 0 Å². The molecular weight excluding hydrogens is 257 g/mol. The van der Waals surface area contributed by atoms with Crippen molar-refractivity contribution in [1.82, 2.24) is 9.78 Å². The van der Waals surface area contributed by atoms with Gasteiger partial charge in [-0.15, -0.1) is 0 Å². The second kappa shape index (κ2) is 4.84. The average Bonchev–Trinajstić information content (AvgIpc) is 2.36. The molecule has 0 unspecified atom stereocenters.